The number of alkyl halides is 2. The van der Waals surface area contributed by atoms with Crippen LogP contribution in [0.1, 0.15) is 26.2 Å². The molecule has 1 nitrogen and oxygen atoms in total. The summed E-state index contributed by atoms with van der Waals surface area (Å²) in [5, 5.41) is 0. The van der Waals surface area contributed by atoms with Gasteiger partial charge in [-0.3, -0.25) is 0 Å². The van der Waals surface area contributed by atoms with Gasteiger partial charge in [0.1, 0.15) is 0 Å². The first-order chi connectivity index (χ1) is 4.97. The summed E-state index contributed by atoms with van der Waals surface area (Å²) in [5.74, 6) is -2.47. The van der Waals surface area contributed by atoms with Crippen LogP contribution in [-0.2, 0) is 0 Å². The van der Waals surface area contributed by atoms with Crippen LogP contribution in [0.5, 0.6) is 0 Å². The summed E-state index contributed by atoms with van der Waals surface area (Å²) in [6, 6.07) is 0. The molecule has 0 radical (unpaired) electrons. The third-order valence-electron chi connectivity index (χ3n) is 3.60. The van der Waals surface area contributed by atoms with Crippen LogP contribution in [0.4, 0.5) is 8.78 Å². The molecule has 0 bridgehead atoms. The molecule has 0 saturated heterocycles. The van der Waals surface area contributed by atoms with Gasteiger partial charge >= 0.3 is 0 Å². The minimum absolute atomic E-state index is 0.0208. The lowest BCUT2D eigenvalue weighted by atomic mass is 9.87. The fourth-order valence-electron chi connectivity index (χ4n) is 2.12. The van der Waals surface area contributed by atoms with E-state index < -0.39 is 11.3 Å². The molecular formula is C8H13F2N. The van der Waals surface area contributed by atoms with Crippen LogP contribution in [0.3, 0.4) is 0 Å². The molecule has 2 saturated carbocycles. The second kappa shape index (κ2) is 1.60. The average molecular weight is 161 g/mol. The fraction of sp³-hybridized carbons (Fsp3) is 1.00. The third kappa shape index (κ3) is 0.675. The second-order valence-electron chi connectivity index (χ2n) is 4.23. The van der Waals surface area contributed by atoms with Gasteiger partial charge in [-0.1, -0.05) is 6.92 Å². The zero-order valence-corrected chi connectivity index (χ0v) is 6.66. The fourth-order valence-corrected chi connectivity index (χ4v) is 2.12. The van der Waals surface area contributed by atoms with E-state index in [1.165, 1.54) is 0 Å². The van der Waals surface area contributed by atoms with Gasteiger partial charge in [0, 0.05) is 13.0 Å². The molecule has 0 spiro atoms. The molecule has 1 unspecified atom stereocenters. The minimum atomic E-state index is -2.47. The van der Waals surface area contributed by atoms with E-state index in [2.05, 4.69) is 0 Å². The van der Waals surface area contributed by atoms with Crippen molar-refractivity contribution in [2.75, 3.05) is 6.54 Å². The predicted molar refractivity (Wildman–Crippen MR) is 38.4 cm³/mol. The van der Waals surface area contributed by atoms with Crippen LogP contribution in [0.25, 0.3) is 0 Å². The Hall–Kier alpha value is -0.180. The molecule has 2 fully saturated rings. The van der Waals surface area contributed by atoms with Crippen LogP contribution in [0.2, 0.25) is 0 Å². The summed E-state index contributed by atoms with van der Waals surface area (Å²) in [6.07, 6.45) is 1.88. The van der Waals surface area contributed by atoms with Crippen molar-refractivity contribution in [3.63, 3.8) is 0 Å². The van der Waals surface area contributed by atoms with Gasteiger partial charge < -0.3 is 5.73 Å². The van der Waals surface area contributed by atoms with Crippen molar-refractivity contribution in [2.45, 2.75) is 32.1 Å². The van der Waals surface area contributed by atoms with Gasteiger partial charge in [0.05, 0.1) is 5.41 Å². The van der Waals surface area contributed by atoms with E-state index >= 15 is 0 Å². The lowest BCUT2D eigenvalue weighted by Gasteiger charge is -2.20. The molecule has 2 N–H and O–H groups in total. The highest BCUT2D eigenvalue weighted by molar-refractivity contribution is 5.22. The number of rotatable bonds is 2. The quantitative estimate of drug-likeness (QED) is 0.656. The molecule has 0 aromatic rings. The van der Waals surface area contributed by atoms with E-state index in [0.29, 0.717) is 0 Å². The normalized spacial score (nSPS) is 43.6. The zero-order chi connectivity index (χ0) is 8.33. The smallest absolute Gasteiger partial charge is 0.256 e. The van der Waals surface area contributed by atoms with Gasteiger partial charge in [0.15, 0.2) is 0 Å². The van der Waals surface area contributed by atoms with Gasteiger partial charge in [-0.15, -0.1) is 0 Å². The predicted octanol–water partition coefficient (Wildman–Crippen LogP) is 1.77. The van der Waals surface area contributed by atoms with Crippen LogP contribution in [0, 0.1) is 10.8 Å². The van der Waals surface area contributed by atoms with Crippen LogP contribution < -0.4 is 5.73 Å². The summed E-state index contributed by atoms with van der Waals surface area (Å²) >= 11 is 0. The molecule has 64 valence electrons. The van der Waals surface area contributed by atoms with Crippen LogP contribution in [0.15, 0.2) is 0 Å². The van der Waals surface area contributed by atoms with E-state index in [4.69, 9.17) is 5.73 Å². The zero-order valence-electron chi connectivity index (χ0n) is 6.66. The Kier molecular flexibility index (Phi) is 1.09. The molecule has 0 aliphatic heterocycles. The molecule has 2 aliphatic rings. The van der Waals surface area contributed by atoms with Gasteiger partial charge in [0.25, 0.3) is 5.92 Å². The number of halogens is 2. The monoisotopic (exact) mass is 161 g/mol. The van der Waals surface area contributed by atoms with Crippen molar-refractivity contribution in [3.8, 4) is 0 Å². The molecule has 1 atom stereocenters. The number of nitrogens with two attached hydrogens (primary N) is 1. The minimum Gasteiger partial charge on any atom is -0.330 e. The van der Waals surface area contributed by atoms with Gasteiger partial charge in [-0.2, -0.15) is 0 Å². The first-order valence-corrected chi connectivity index (χ1v) is 4.05. The molecule has 0 heterocycles. The first kappa shape index (κ1) is 7.47. The summed E-state index contributed by atoms with van der Waals surface area (Å²) in [5.41, 5.74) is 4.44. The molecular weight excluding hydrogens is 148 g/mol. The van der Waals surface area contributed by atoms with Crippen molar-refractivity contribution in [2.24, 2.45) is 16.6 Å². The highest BCUT2D eigenvalue weighted by Gasteiger charge is 2.79. The number of hydrogen-bond acceptors (Lipinski definition) is 1. The van der Waals surface area contributed by atoms with E-state index in [-0.39, 0.29) is 18.4 Å². The van der Waals surface area contributed by atoms with Gasteiger partial charge in [-0.05, 0) is 18.3 Å². The molecule has 0 aromatic heterocycles. The van der Waals surface area contributed by atoms with Crippen LogP contribution >= 0.6 is 0 Å². The standard InChI is InChI=1S/C8H13F2N/c1-6(2-3-6)7(5-11)4-8(7,9)10/h2-5,11H2,1H3. The second-order valence-corrected chi connectivity index (χ2v) is 4.23. The highest BCUT2D eigenvalue weighted by Crippen LogP contribution is 2.76. The summed E-state index contributed by atoms with van der Waals surface area (Å²) < 4.78 is 25.8. The molecule has 2 aliphatic carbocycles. The van der Waals surface area contributed by atoms with Crippen molar-refractivity contribution in [1.82, 2.24) is 0 Å². The Labute approximate surface area is 65.0 Å². The topological polar surface area (TPSA) is 26.0 Å². The highest BCUT2D eigenvalue weighted by atomic mass is 19.3. The SMILES string of the molecule is CC1(C2(CN)CC2(F)F)CC1. The van der Waals surface area contributed by atoms with Crippen LogP contribution in [-0.4, -0.2) is 12.5 Å². The van der Waals surface area contributed by atoms with E-state index in [0.717, 1.165) is 12.8 Å². The first-order valence-electron chi connectivity index (χ1n) is 4.05. The maximum absolute atomic E-state index is 12.9. The Bertz CT molecular complexity index is 198. The molecule has 11 heavy (non-hydrogen) atoms. The Morgan fingerprint density at radius 3 is 1.91 bits per heavy atom. The average Bonchev–Trinajstić information content (AvgIpc) is 2.73. The maximum atomic E-state index is 12.9. The van der Waals surface area contributed by atoms with E-state index in [1.807, 2.05) is 6.92 Å². The number of hydrogen-bond donors (Lipinski definition) is 1. The van der Waals surface area contributed by atoms with Gasteiger partial charge in [0.2, 0.25) is 0 Å². The lowest BCUT2D eigenvalue weighted by Crippen LogP contribution is -2.30. The van der Waals surface area contributed by atoms with E-state index in [1.54, 1.807) is 0 Å². The Morgan fingerprint density at radius 1 is 1.36 bits per heavy atom. The lowest BCUT2D eigenvalue weighted by molar-refractivity contribution is 0.0388. The summed E-state index contributed by atoms with van der Waals surface area (Å²) in [7, 11) is 0. The largest absolute Gasteiger partial charge is 0.330 e. The van der Waals surface area contributed by atoms with Crippen molar-refractivity contribution >= 4 is 0 Å². The summed E-state index contributed by atoms with van der Waals surface area (Å²) in [4.78, 5) is 0. The van der Waals surface area contributed by atoms with E-state index in [9.17, 15) is 8.78 Å². The Morgan fingerprint density at radius 2 is 1.82 bits per heavy atom. The summed E-state index contributed by atoms with van der Waals surface area (Å²) in [6.45, 7) is 2.08. The van der Waals surface area contributed by atoms with Crippen molar-refractivity contribution in [1.29, 1.82) is 0 Å². The molecule has 2 rings (SSSR count). The van der Waals surface area contributed by atoms with Gasteiger partial charge in [-0.25, -0.2) is 8.78 Å². The van der Waals surface area contributed by atoms with Crippen molar-refractivity contribution < 1.29 is 8.78 Å². The molecule has 3 heteroatoms. The van der Waals surface area contributed by atoms with Crippen molar-refractivity contribution in [3.05, 3.63) is 0 Å². The maximum Gasteiger partial charge on any atom is 0.256 e. The Balaban J connectivity index is 2.22. The molecule has 0 aromatic carbocycles. The third-order valence-corrected chi connectivity index (χ3v) is 3.60. The molecule has 0 amide bonds.